The number of halogens is 1. The van der Waals surface area contributed by atoms with Crippen molar-refractivity contribution in [2.24, 2.45) is 7.05 Å². The first kappa shape index (κ1) is 16.0. The summed E-state index contributed by atoms with van der Waals surface area (Å²) in [6, 6.07) is 6.30. The maximum Gasteiger partial charge on any atom is 0.170 e. The number of hydrogen-bond donors (Lipinski definition) is 1. The first-order chi connectivity index (χ1) is 10.1. The van der Waals surface area contributed by atoms with Gasteiger partial charge in [0.1, 0.15) is 18.7 Å². The van der Waals surface area contributed by atoms with Gasteiger partial charge in [0.2, 0.25) is 0 Å². The van der Waals surface area contributed by atoms with Crippen molar-refractivity contribution in [3.63, 3.8) is 0 Å². The van der Waals surface area contributed by atoms with Crippen LogP contribution in [-0.4, -0.2) is 21.3 Å². The molecule has 2 aromatic rings. The minimum atomic E-state index is 0.233. The SMILES string of the molecule is CCCNC(C)c1cc(Br)ccc1OCc1nncn1C. The van der Waals surface area contributed by atoms with E-state index in [1.165, 1.54) is 0 Å². The molecule has 0 spiro atoms. The molecule has 2 rings (SSSR count). The Labute approximate surface area is 133 Å². The van der Waals surface area contributed by atoms with Crippen molar-refractivity contribution < 1.29 is 4.74 Å². The van der Waals surface area contributed by atoms with E-state index in [-0.39, 0.29) is 6.04 Å². The van der Waals surface area contributed by atoms with Gasteiger partial charge >= 0.3 is 0 Å². The first-order valence-electron chi connectivity index (χ1n) is 7.10. The normalized spacial score (nSPS) is 12.4. The Kier molecular flexibility index (Phi) is 5.76. The van der Waals surface area contributed by atoms with Crippen molar-refractivity contribution in [3.8, 4) is 5.75 Å². The van der Waals surface area contributed by atoms with Gasteiger partial charge in [-0.2, -0.15) is 0 Å². The van der Waals surface area contributed by atoms with Crippen LogP contribution < -0.4 is 10.1 Å². The van der Waals surface area contributed by atoms with Gasteiger partial charge in [0.15, 0.2) is 5.82 Å². The molecule has 1 heterocycles. The lowest BCUT2D eigenvalue weighted by molar-refractivity contribution is 0.285. The highest BCUT2D eigenvalue weighted by Gasteiger charge is 2.13. The summed E-state index contributed by atoms with van der Waals surface area (Å²) in [4.78, 5) is 0. The van der Waals surface area contributed by atoms with Gasteiger partial charge in [0, 0.05) is 23.1 Å². The molecule has 1 atom stereocenters. The zero-order valence-electron chi connectivity index (χ0n) is 12.6. The van der Waals surface area contributed by atoms with Gasteiger partial charge < -0.3 is 14.6 Å². The zero-order valence-corrected chi connectivity index (χ0v) is 14.2. The van der Waals surface area contributed by atoms with E-state index in [4.69, 9.17) is 4.74 Å². The Balaban J connectivity index is 2.12. The number of hydrogen-bond acceptors (Lipinski definition) is 4. The molecular formula is C15H21BrN4O. The zero-order chi connectivity index (χ0) is 15.2. The van der Waals surface area contributed by atoms with E-state index in [0.717, 1.165) is 34.6 Å². The Morgan fingerprint density at radius 2 is 2.24 bits per heavy atom. The summed E-state index contributed by atoms with van der Waals surface area (Å²) in [6.07, 6.45) is 2.78. The summed E-state index contributed by atoms with van der Waals surface area (Å²) in [6.45, 7) is 5.70. The standard InChI is InChI=1S/C15H21BrN4O/c1-4-7-17-11(2)13-8-12(16)5-6-14(13)21-9-15-19-18-10-20(15)3/h5-6,8,10-11,17H,4,7,9H2,1-3H3. The number of ether oxygens (including phenoxy) is 1. The molecule has 5 nitrogen and oxygen atoms in total. The highest BCUT2D eigenvalue weighted by molar-refractivity contribution is 9.10. The van der Waals surface area contributed by atoms with Gasteiger partial charge in [-0.05, 0) is 38.1 Å². The van der Waals surface area contributed by atoms with Crippen LogP contribution in [0.3, 0.4) is 0 Å². The molecule has 6 heteroatoms. The lowest BCUT2D eigenvalue weighted by atomic mass is 10.1. The maximum absolute atomic E-state index is 5.93. The second-order valence-corrected chi connectivity index (χ2v) is 5.92. The van der Waals surface area contributed by atoms with E-state index in [1.807, 2.05) is 23.7 Å². The molecule has 0 aliphatic heterocycles. The van der Waals surface area contributed by atoms with Gasteiger partial charge in [-0.3, -0.25) is 0 Å². The average molecular weight is 353 g/mol. The van der Waals surface area contributed by atoms with Gasteiger partial charge in [-0.25, -0.2) is 0 Å². The molecule has 21 heavy (non-hydrogen) atoms. The van der Waals surface area contributed by atoms with E-state index >= 15 is 0 Å². The lowest BCUT2D eigenvalue weighted by Crippen LogP contribution is -2.20. The fourth-order valence-electron chi connectivity index (χ4n) is 2.04. The summed E-state index contributed by atoms with van der Waals surface area (Å²) < 4.78 is 8.84. The number of nitrogens with zero attached hydrogens (tertiary/aromatic N) is 3. The molecule has 0 radical (unpaired) electrons. The monoisotopic (exact) mass is 352 g/mol. The van der Waals surface area contributed by atoms with E-state index < -0.39 is 0 Å². The van der Waals surface area contributed by atoms with Crippen LogP contribution in [0.2, 0.25) is 0 Å². The third kappa shape index (κ3) is 4.28. The Morgan fingerprint density at radius 3 is 2.90 bits per heavy atom. The second kappa shape index (κ2) is 7.56. The largest absolute Gasteiger partial charge is 0.485 e. The first-order valence-corrected chi connectivity index (χ1v) is 7.89. The van der Waals surface area contributed by atoms with Crippen molar-refractivity contribution in [1.29, 1.82) is 0 Å². The fraction of sp³-hybridized carbons (Fsp3) is 0.467. The van der Waals surface area contributed by atoms with Crippen molar-refractivity contribution in [3.05, 3.63) is 40.4 Å². The summed E-state index contributed by atoms with van der Waals surface area (Å²) in [7, 11) is 1.91. The molecule has 0 aliphatic rings. The highest BCUT2D eigenvalue weighted by Crippen LogP contribution is 2.29. The van der Waals surface area contributed by atoms with Crippen LogP contribution >= 0.6 is 15.9 Å². The van der Waals surface area contributed by atoms with Crippen molar-refractivity contribution in [1.82, 2.24) is 20.1 Å². The molecular weight excluding hydrogens is 332 g/mol. The summed E-state index contributed by atoms with van der Waals surface area (Å²) in [5.41, 5.74) is 1.14. The lowest BCUT2D eigenvalue weighted by Gasteiger charge is -2.18. The number of aryl methyl sites for hydroxylation is 1. The average Bonchev–Trinajstić information content (AvgIpc) is 2.88. The third-order valence-electron chi connectivity index (χ3n) is 3.30. The molecule has 0 saturated carbocycles. The molecule has 0 saturated heterocycles. The van der Waals surface area contributed by atoms with Crippen LogP contribution in [0.25, 0.3) is 0 Å². The highest BCUT2D eigenvalue weighted by atomic mass is 79.9. The number of benzene rings is 1. The quantitative estimate of drug-likeness (QED) is 0.831. The van der Waals surface area contributed by atoms with Crippen LogP contribution in [0.4, 0.5) is 0 Å². The van der Waals surface area contributed by atoms with Crippen LogP contribution in [0, 0.1) is 0 Å². The Hall–Kier alpha value is -1.40. The molecule has 1 aromatic carbocycles. The Morgan fingerprint density at radius 1 is 1.43 bits per heavy atom. The topological polar surface area (TPSA) is 52.0 Å². The predicted molar refractivity (Wildman–Crippen MR) is 86.2 cm³/mol. The molecule has 0 aliphatic carbocycles. The fourth-order valence-corrected chi connectivity index (χ4v) is 2.42. The summed E-state index contributed by atoms with van der Waals surface area (Å²) >= 11 is 3.52. The third-order valence-corrected chi connectivity index (χ3v) is 3.79. The molecule has 1 aromatic heterocycles. The van der Waals surface area contributed by atoms with Crippen LogP contribution in [0.1, 0.15) is 37.7 Å². The van der Waals surface area contributed by atoms with E-state index in [1.54, 1.807) is 6.33 Å². The van der Waals surface area contributed by atoms with Gasteiger partial charge in [0.25, 0.3) is 0 Å². The second-order valence-electron chi connectivity index (χ2n) is 5.00. The van der Waals surface area contributed by atoms with Crippen LogP contribution in [-0.2, 0) is 13.7 Å². The number of nitrogens with one attached hydrogen (secondary N) is 1. The van der Waals surface area contributed by atoms with Crippen molar-refractivity contribution in [2.75, 3.05) is 6.54 Å². The van der Waals surface area contributed by atoms with Gasteiger partial charge in [-0.15, -0.1) is 10.2 Å². The van der Waals surface area contributed by atoms with Crippen LogP contribution in [0.15, 0.2) is 29.0 Å². The van der Waals surface area contributed by atoms with Crippen LogP contribution in [0.5, 0.6) is 5.75 Å². The van der Waals surface area contributed by atoms with E-state index in [2.05, 4.69) is 51.4 Å². The van der Waals surface area contributed by atoms with Crippen molar-refractivity contribution in [2.45, 2.75) is 32.9 Å². The minimum Gasteiger partial charge on any atom is -0.485 e. The van der Waals surface area contributed by atoms with Crippen molar-refractivity contribution >= 4 is 15.9 Å². The van der Waals surface area contributed by atoms with E-state index in [0.29, 0.717) is 6.61 Å². The number of aromatic nitrogens is 3. The predicted octanol–water partition coefficient (Wildman–Crippen LogP) is 3.22. The number of rotatable bonds is 7. The molecule has 1 unspecified atom stereocenters. The molecule has 0 fully saturated rings. The molecule has 0 bridgehead atoms. The minimum absolute atomic E-state index is 0.233. The summed E-state index contributed by atoms with van der Waals surface area (Å²) in [5, 5.41) is 11.4. The smallest absolute Gasteiger partial charge is 0.170 e. The van der Waals surface area contributed by atoms with Gasteiger partial charge in [-0.1, -0.05) is 22.9 Å². The molecule has 1 N–H and O–H groups in total. The van der Waals surface area contributed by atoms with Gasteiger partial charge in [0.05, 0.1) is 0 Å². The molecule has 0 amide bonds. The Bertz CT molecular complexity index is 585. The van der Waals surface area contributed by atoms with E-state index in [9.17, 15) is 0 Å². The molecule has 114 valence electrons. The summed E-state index contributed by atoms with van der Waals surface area (Å²) in [5.74, 6) is 1.68. The maximum atomic E-state index is 5.93.